The maximum Gasteiger partial charge on any atom is 0.223 e. The number of anilines is 1. The second-order valence-corrected chi connectivity index (χ2v) is 4.40. The van der Waals surface area contributed by atoms with Crippen LogP contribution in [0.5, 0.6) is 5.75 Å². The van der Waals surface area contributed by atoms with E-state index in [2.05, 4.69) is 27.1 Å². The number of methoxy groups -OCH3 is 1. The topological polar surface area (TPSA) is 59.5 Å². The molecule has 0 amide bonds. The maximum absolute atomic E-state index is 5.32. The van der Waals surface area contributed by atoms with E-state index in [1.165, 1.54) is 0 Å². The minimum atomic E-state index is 0.302. The lowest BCUT2D eigenvalue weighted by Crippen LogP contribution is -2.42. The molecule has 0 bridgehead atoms. The van der Waals surface area contributed by atoms with Crippen LogP contribution in [-0.2, 0) is 4.74 Å². The summed E-state index contributed by atoms with van der Waals surface area (Å²) in [5.41, 5.74) is 0. The van der Waals surface area contributed by atoms with Gasteiger partial charge >= 0.3 is 0 Å². The van der Waals surface area contributed by atoms with Gasteiger partial charge in [0.1, 0.15) is 0 Å². The third-order valence-electron chi connectivity index (χ3n) is 2.88. The number of aromatic nitrogens is 2. The molecule has 1 N–H and O–H groups in total. The van der Waals surface area contributed by atoms with Crippen molar-refractivity contribution >= 4 is 5.95 Å². The SMILES string of the molecule is COc1cnc(NC(C)CN2CCOCC2)nc1. The molecule has 1 aliphatic heterocycles. The van der Waals surface area contributed by atoms with Gasteiger partial charge in [0.05, 0.1) is 32.7 Å². The summed E-state index contributed by atoms with van der Waals surface area (Å²) < 4.78 is 10.3. The molecule has 1 aliphatic rings. The first-order chi connectivity index (χ1) is 8.78. The van der Waals surface area contributed by atoms with Gasteiger partial charge < -0.3 is 14.8 Å². The predicted molar refractivity (Wildman–Crippen MR) is 68.9 cm³/mol. The highest BCUT2D eigenvalue weighted by Gasteiger charge is 2.14. The Labute approximate surface area is 107 Å². The quantitative estimate of drug-likeness (QED) is 0.829. The van der Waals surface area contributed by atoms with E-state index in [1.54, 1.807) is 19.5 Å². The normalized spacial score (nSPS) is 18.3. The molecule has 1 unspecified atom stereocenters. The lowest BCUT2D eigenvalue weighted by Gasteiger charge is -2.29. The average Bonchev–Trinajstić information content (AvgIpc) is 2.40. The van der Waals surface area contributed by atoms with Crippen molar-refractivity contribution in [2.45, 2.75) is 13.0 Å². The molecule has 0 aliphatic carbocycles. The number of rotatable bonds is 5. The van der Waals surface area contributed by atoms with Gasteiger partial charge in [0.2, 0.25) is 5.95 Å². The van der Waals surface area contributed by atoms with Crippen LogP contribution in [0.3, 0.4) is 0 Å². The average molecular weight is 252 g/mol. The minimum Gasteiger partial charge on any atom is -0.494 e. The standard InChI is InChI=1S/C12H20N4O2/c1-10(9-16-3-5-18-6-4-16)15-12-13-7-11(17-2)8-14-12/h7-8,10H,3-6,9H2,1-2H3,(H,13,14,15). The Hall–Kier alpha value is -1.40. The summed E-state index contributed by atoms with van der Waals surface area (Å²) in [7, 11) is 1.60. The van der Waals surface area contributed by atoms with Gasteiger partial charge in [0.15, 0.2) is 5.75 Å². The van der Waals surface area contributed by atoms with E-state index < -0.39 is 0 Å². The van der Waals surface area contributed by atoms with Crippen LogP contribution in [-0.4, -0.2) is 60.9 Å². The highest BCUT2D eigenvalue weighted by atomic mass is 16.5. The molecule has 0 aromatic carbocycles. The fraction of sp³-hybridized carbons (Fsp3) is 0.667. The summed E-state index contributed by atoms with van der Waals surface area (Å²) >= 11 is 0. The summed E-state index contributed by atoms with van der Waals surface area (Å²) in [6, 6.07) is 0.302. The van der Waals surface area contributed by atoms with Crippen molar-refractivity contribution in [3.63, 3.8) is 0 Å². The molecule has 18 heavy (non-hydrogen) atoms. The Morgan fingerprint density at radius 3 is 2.67 bits per heavy atom. The Bertz CT molecular complexity index is 352. The van der Waals surface area contributed by atoms with Crippen LogP contribution in [0.2, 0.25) is 0 Å². The Balaban J connectivity index is 1.80. The van der Waals surface area contributed by atoms with Gasteiger partial charge in [0.25, 0.3) is 0 Å². The van der Waals surface area contributed by atoms with Crippen LogP contribution >= 0.6 is 0 Å². The van der Waals surface area contributed by atoms with E-state index in [0.29, 0.717) is 17.7 Å². The second-order valence-electron chi connectivity index (χ2n) is 4.40. The van der Waals surface area contributed by atoms with E-state index in [0.717, 1.165) is 32.8 Å². The van der Waals surface area contributed by atoms with Crippen molar-refractivity contribution in [2.75, 3.05) is 45.3 Å². The second kappa shape index (κ2) is 6.51. The first-order valence-corrected chi connectivity index (χ1v) is 6.20. The fourth-order valence-corrected chi connectivity index (χ4v) is 1.93. The van der Waals surface area contributed by atoms with Gasteiger partial charge in [-0.1, -0.05) is 0 Å². The van der Waals surface area contributed by atoms with E-state index in [1.807, 2.05) is 0 Å². The molecule has 100 valence electrons. The molecular formula is C12H20N4O2. The van der Waals surface area contributed by atoms with E-state index in [4.69, 9.17) is 9.47 Å². The van der Waals surface area contributed by atoms with Crippen LogP contribution in [0.15, 0.2) is 12.4 Å². The first-order valence-electron chi connectivity index (χ1n) is 6.20. The molecule has 1 aromatic heterocycles. The number of hydrogen-bond acceptors (Lipinski definition) is 6. The molecule has 1 aromatic rings. The summed E-state index contributed by atoms with van der Waals surface area (Å²) in [6.45, 7) is 6.74. The number of hydrogen-bond donors (Lipinski definition) is 1. The van der Waals surface area contributed by atoms with Crippen molar-refractivity contribution in [3.8, 4) is 5.75 Å². The van der Waals surface area contributed by atoms with Crippen molar-refractivity contribution in [3.05, 3.63) is 12.4 Å². The van der Waals surface area contributed by atoms with Gasteiger partial charge in [-0.05, 0) is 6.92 Å². The Morgan fingerprint density at radius 2 is 2.06 bits per heavy atom. The lowest BCUT2D eigenvalue weighted by molar-refractivity contribution is 0.0368. The Kier molecular flexibility index (Phi) is 4.72. The zero-order chi connectivity index (χ0) is 12.8. The lowest BCUT2D eigenvalue weighted by atomic mass is 10.3. The van der Waals surface area contributed by atoms with Crippen LogP contribution < -0.4 is 10.1 Å². The minimum absolute atomic E-state index is 0.302. The molecular weight excluding hydrogens is 232 g/mol. The highest BCUT2D eigenvalue weighted by molar-refractivity contribution is 5.28. The summed E-state index contributed by atoms with van der Waals surface area (Å²) in [6.07, 6.45) is 3.33. The number of ether oxygens (including phenoxy) is 2. The third kappa shape index (κ3) is 3.82. The maximum atomic E-state index is 5.32. The van der Waals surface area contributed by atoms with Gasteiger partial charge in [-0.2, -0.15) is 0 Å². The molecule has 2 rings (SSSR count). The molecule has 1 saturated heterocycles. The zero-order valence-electron chi connectivity index (χ0n) is 10.9. The zero-order valence-corrected chi connectivity index (χ0v) is 10.9. The molecule has 2 heterocycles. The molecule has 6 heteroatoms. The van der Waals surface area contributed by atoms with E-state index in [-0.39, 0.29) is 0 Å². The van der Waals surface area contributed by atoms with Gasteiger partial charge in [0, 0.05) is 25.7 Å². The number of morpholine rings is 1. The summed E-state index contributed by atoms with van der Waals surface area (Å²) in [4.78, 5) is 10.8. The van der Waals surface area contributed by atoms with Gasteiger partial charge in [-0.3, -0.25) is 4.90 Å². The molecule has 0 spiro atoms. The predicted octanol–water partition coefficient (Wildman–Crippen LogP) is 0.618. The molecule has 6 nitrogen and oxygen atoms in total. The number of nitrogens with zero attached hydrogens (tertiary/aromatic N) is 3. The Morgan fingerprint density at radius 1 is 1.39 bits per heavy atom. The number of nitrogens with one attached hydrogen (secondary N) is 1. The van der Waals surface area contributed by atoms with E-state index >= 15 is 0 Å². The fourth-order valence-electron chi connectivity index (χ4n) is 1.93. The molecule has 0 saturated carbocycles. The van der Waals surface area contributed by atoms with Crippen LogP contribution in [0.1, 0.15) is 6.92 Å². The summed E-state index contributed by atoms with van der Waals surface area (Å²) in [5.74, 6) is 1.30. The molecule has 0 radical (unpaired) electrons. The first kappa shape index (κ1) is 13.0. The third-order valence-corrected chi connectivity index (χ3v) is 2.88. The van der Waals surface area contributed by atoms with Gasteiger partial charge in [-0.15, -0.1) is 0 Å². The van der Waals surface area contributed by atoms with Crippen LogP contribution in [0.25, 0.3) is 0 Å². The van der Waals surface area contributed by atoms with Crippen molar-refractivity contribution < 1.29 is 9.47 Å². The molecule has 1 fully saturated rings. The monoisotopic (exact) mass is 252 g/mol. The highest BCUT2D eigenvalue weighted by Crippen LogP contribution is 2.08. The van der Waals surface area contributed by atoms with Crippen LogP contribution in [0.4, 0.5) is 5.95 Å². The van der Waals surface area contributed by atoms with Crippen molar-refractivity contribution in [2.24, 2.45) is 0 Å². The van der Waals surface area contributed by atoms with Crippen molar-refractivity contribution in [1.82, 2.24) is 14.9 Å². The van der Waals surface area contributed by atoms with Gasteiger partial charge in [-0.25, -0.2) is 9.97 Å². The largest absolute Gasteiger partial charge is 0.494 e. The summed E-state index contributed by atoms with van der Waals surface area (Å²) in [5, 5.41) is 3.28. The van der Waals surface area contributed by atoms with Crippen LogP contribution in [0, 0.1) is 0 Å². The van der Waals surface area contributed by atoms with Crippen molar-refractivity contribution in [1.29, 1.82) is 0 Å². The molecule has 1 atom stereocenters. The smallest absolute Gasteiger partial charge is 0.223 e. The van der Waals surface area contributed by atoms with E-state index in [9.17, 15) is 0 Å².